The van der Waals surface area contributed by atoms with Gasteiger partial charge in [-0.05, 0) is 63.7 Å². The molecule has 2 aliphatic rings. The summed E-state index contributed by atoms with van der Waals surface area (Å²) >= 11 is 20.8. The molecular formula is C35H37Cl3FN5O4S. The number of nitrogens with one attached hydrogen (secondary N) is 1. The summed E-state index contributed by atoms with van der Waals surface area (Å²) in [6, 6.07) is 16.7. The molecule has 0 saturated heterocycles. The van der Waals surface area contributed by atoms with E-state index in [2.05, 4.69) is 32.3 Å². The van der Waals surface area contributed by atoms with Crippen LogP contribution in [-0.2, 0) is 22.0 Å². The number of likely N-dealkylation sites (N-methyl/N-ethyl adjacent to an activating group) is 1. The van der Waals surface area contributed by atoms with Gasteiger partial charge in [0.1, 0.15) is 38.7 Å². The van der Waals surface area contributed by atoms with Crippen molar-refractivity contribution in [2.24, 2.45) is 5.92 Å². The van der Waals surface area contributed by atoms with Gasteiger partial charge in [0, 0.05) is 47.3 Å². The van der Waals surface area contributed by atoms with Gasteiger partial charge >= 0.3 is 0 Å². The van der Waals surface area contributed by atoms with Crippen molar-refractivity contribution in [3.8, 4) is 11.5 Å². The van der Waals surface area contributed by atoms with Gasteiger partial charge in [-0.15, -0.1) is 23.2 Å². The Labute approximate surface area is 301 Å². The Hall–Kier alpha value is -3.35. The van der Waals surface area contributed by atoms with Crippen LogP contribution in [0.25, 0.3) is 0 Å². The van der Waals surface area contributed by atoms with Crippen LogP contribution >= 0.6 is 34.8 Å². The first-order chi connectivity index (χ1) is 23.2. The van der Waals surface area contributed by atoms with Gasteiger partial charge in [-0.2, -0.15) is 0 Å². The number of sulfonamides is 1. The van der Waals surface area contributed by atoms with E-state index in [1.165, 1.54) is 32.8 Å². The van der Waals surface area contributed by atoms with Crippen LogP contribution in [0, 0.1) is 18.7 Å². The fourth-order valence-corrected chi connectivity index (χ4v) is 10.0. The normalized spacial score (nSPS) is 22.7. The molecule has 1 aromatic heterocycles. The highest BCUT2D eigenvalue weighted by Gasteiger charge is 2.78. The lowest BCUT2D eigenvalue weighted by molar-refractivity contribution is 0.191. The predicted molar refractivity (Wildman–Crippen MR) is 191 cm³/mol. The van der Waals surface area contributed by atoms with Gasteiger partial charge in [0.25, 0.3) is 10.0 Å². The second-order valence-electron chi connectivity index (χ2n) is 12.8. The smallest absolute Gasteiger partial charge is 0.268 e. The van der Waals surface area contributed by atoms with Crippen molar-refractivity contribution >= 4 is 56.3 Å². The minimum atomic E-state index is -4.55. The fraction of sp³-hybridized carbons (Fsp3) is 0.371. The average molecular weight is 749 g/mol. The summed E-state index contributed by atoms with van der Waals surface area (Å²) in [6.07, 6.45) is 3.87. The van der Waals surface area contributed by atoms with Gasteiger partial charge < -0.3 is 19.7 Å². The number of ether oxygens (including phenoxy) is 2. The first-order valence-corrected chi connectivity index (χ1v) is 18.2. The highest BCUT2D eigenvalue weighted by Crippen LogP contribution is 2.75. The minimum absolute atomic E-state index is 0.0359. The molecule has 4 atom stereocenters. The molecule has 4 aromatic rings. The summed E-state index contributed by atoms with van der Waals surface area (Å²) in [6.45, 7) is 1.82. The summed E-state index contributed by atoms with van der Waals surface area (Å²) in [7, 11) is 2.38. The molecule has 2 aliphatic carbocycles. The SMILES string of the molecule is COc1ccc(CN(c2ccncn2)S(=O)(=O)c2cc(Cl)c(N[C@H]3CC4C(Cl)(Cl)[C@@]4(c4cccc(C)c4)C[C@@H]3N(C)C)cc2F)c(OC)c1. The molecule has 14 heteroatoms. The highest BCUT2D eigenvalue weighted by atomic mass is 35.5. The third-order valence-corrected chi connectivity index (χ3v) is 13.1. The van der Waals surface area contributed by atoms with Crippen molar-refractivity contribution in [3.05, 3.63) is 101 Å². The summed E-state index contributed by atoms with van der Waals surface area (Å²) in [4.78, 5) is 9.56. The Morgan fingerprint density at radius 2 is 1.84 bits per heavy atom. The lowest BCUT2D eigenvalue weighted by Gasteiger charge is -2.40. The van der Waals surface area contributed by atoms with Crippen LogP contribution in [0.1, 0.15) is 29.5 Å². The maximum absolute atomic E-state index is 16.1. The van der Waals surface area contributed by atoms with Gasteiger partial charge in [-0.25, -0.2) is 27.1 Å². The number of fused-ring (bicyclic) bond motifs is 1. The predicted octanol–water partition coefficient (Wildman–Crippen LogP) is 7.24. The van der Waals surface area contributed by atoms with Gasteiger partial charge in [-0.3, -0.25) is 0 Å². The molecule has 260 valence electrons. The van der Waals surface area contributed by atoms with Crippen LogP contribution in [0.2, 0.25) is 5.02 Å². The maximum Gasteiger partial charge on any atom is 0.268 e. The number of halogens is 4. The van der Waals surface area contributed by atoms with Crippen molar-refractivity contribution < 1.29 is 22.3 Å². The highest BCUT2D eigenvalue weighted by molar-refractivity contribution is 7.92. The molecule has 6 rings (SSSR count). The van der Waals surface area contributed by atoms with Crippen molar-refractivity contribution in [1.29, 1.82) is 0 Å². The van der Waals surface area contributed by atoms with Crippen molar-refractivity contribution in [3.63, 3.8) is 0 Å². The summed E-state index contributed by atoms with van der Waals surface area (Å²) in [5, 5.41) is 3.45. The minimum Gasteiger partial charge on any atom is -0.497 e. The van der Waals surface area contributed by atoms with Gasteiger partial charge in [0.15, 0.2) is 0 Å². The molecule has 0 bridgehead atoms. The maximum atomic E-state index is 16.1. The largest absolute Gasteiger partial charge is 0.497 e. The van der Waals surface area contributed by atoms with Crippen LogP contribution in [0.5, 0.6) is 11.5 Å². The molecule has 1 heterocycles. The first-order valence-electron chi connectivity index (χ1n) is 15.6. The summed E-state index contributed by atoms with van der Waals surface area (Å²) < 4.78 is 55.4. The van der Waals surface area contributed by atoms with Crippen molar-refractivity contribution in [2.45, 2.75) is 53.0 Å². The third kappa shape index (κ3) is 6.29. The number of nitrogens with zero attached hydrogens (tertiary/aromatic N) is 4. The number of rotatable bonds is 11. The molecule has 9 nitrogen and oxygen atoms in total. The number of alkyl halides is 2. The molecule has 0 radical (unpaired) electrons. The lowest BCUT2D eigenvalue weighted by Crippen LogP contribution is -2.49. The van der Waals surface area contributed by atoms with E-state index in [1.54, 1.807) is 18.2 Å². The van der Waals surface area contributed by atoms with E-state index in [0.29, 0.717) is 29.9 Å². The fourth-order valence-electron chi connectivity index (χ4n) is 7.19. The van der Waals surface area contributed by atoms with E-state index in [1.807, 2.05) is 33.2 Å². The molecule has 2 fully saturated rings. The number of benzene rings is 3. The molecule has 0 spiro atoms. The molecule has 3 aromatic carbocycles. The van der Waals surface area contributed by atoms with Gasteiger partial charge in [-0.1, -0.05) is 41.4 Å². The zero-order valence-corrected chi connectivity index (χ0v) is 30.7. The molecule has 2 saturated carbocycles. The second kappa shape index (κ2) is 13.4. The Balaban J connectivity index is 1.32. The van der Waals surface area contributed by atoms with Crippen LogP contribution in [0.15, 0.2) is 78.1 Å². The van der Waals surface area contributed by atoms with Crippen LogP contribution in [0.3, 0.4) is 0 Å². The third-order valence-electron chi connectivity index (χ3n) is 9.79. The topological polar surface area (TPSA) is 96.9 Å². The van der Waals surface area contributed by atoms with E-state index in [0.717, 1.165) is 27.6 Å². The monoisotopic (exact) mass is 747 g/mol. The Morgan fingerprint density at radius 1 is 1.06 bits per heavy atom. The van der Waals surface area contributed by atoms with Crippen molar-refractivity contribution in [2.75, 3.05) is 37.9 Å². The number of methoxy groups -OCH3 is 2. The number of aryl methyl sites for hydroxylation is 1. The molecule has 0 aliphatic heterocycles. The first kappa shape index (κ1) is 35.5. The lowest BCUT2D eigenvalue weighted by atomic mass is 9.77. The van der Waals surface area contributed by atoms with E-state index in [9.17, 15) is 8.42 Å². The van der Waals surface area contributed by atoms with E-state index in [-0.39, 0.29) is 41.1 Å². The van der Waals surface area contributed by atoms with Gasteiger partial charge in [0.05, 0.1) is 31.5 Å². The van der Waals surface area contributed by atoms with Gasteiger partial charge in [0.2, 0.25) is 0 Å². The average Bonchev–Trinajstić information content (AvgIpc) is 3.58. The van der Waals surface area contributed by atoms with Crippen LogP contribution < -0.4 is 19.1 Å². The standard InChI is InChI=1S/C35H37Cl3FN5O4S/c1-21-7-6-8-23(13-21)34-18-29(43(2)3)28(17-32(34)35(34,37)38)42-27-16-26(39)31(15-25(27)36)49(45,46)44(33-11-12-40-20-41-33)19-22-9-10-24(47-4)14-30(22)48-5/h6-16,20,28-29,32,42H,17-19H2,1-5H3/t28-,29-,32?,34+/m0/s1. The Kier molecular flexibility index (Phi) is 9.71. The molecule has 0 amide bonds. The van der Waals surface area contributed by atoms with Crippen LogP contribution in [-0.4, -0.2) is 68.0 Å². The van der Waals surface area contributed by atoms with E-state index >= 15 is 4.39 Å². The molecular weight excluding hydrogens is 712 g/mol. The second-order valence-corrected chi connectivity index (χ2v) is 16.4. The van der Waals surface area contributed by atoms with E-state index in [4.69, 9.17) is 44.3 Å². The zero-order valence-electron chi connectivity index (χ0n) is 27.6. The molecule has 49 heavy (non-hydrogen) atoms. The zero-order chi connectivity index (χ0) is 35.3. The summed E-state index contributed by atoms with van der Waals surface area (Å²) in [5.74, 6) is -0.0889. The summed E-state index contributed by atoms with van der Waals surface area (Å²) in [5.41, 5.74) is 2.56. The Bertz CT molecular complexity index is 1970. The number of anilines is 2. The molecule has 1 unspecified atom stereocenters. The van der Waals surface area contributed by atoms with Crippen molar-refractivity contribution in [1.82, 2.24) is 14.9 Å². The number of hydrogen-bond acceptors (Lipinski definition) is 8. The quantitative estimate of drug-likeness (QED) is 0.161. The number of hydrogen-bond donors (Lipinski definition) is 1. The molecule has 1 N–H and O–H groups in total. The number of aromatic nitrogens is 2. The Morgan fingerprint density at radius 3 is 2.49 bits per heavy atom. The van der Waals surface area contributed by atoms with Crippen LogP contribution in [0.4, 0.5) is 15.9 Å². The van der Waals surface area contributed by atoms with E-state index < -0.39 is 30.5 Å².